The van der Waals surface area contributed by atoms with Gasteiger partial charge in [-0.05, 0) is 60.2 Å². The number of nitrogens with zero attached hydrogens (tertiary/aromatic N) is 1. The van der Waals surface area contributed by atoms with Crippen LogP contribution in [0.5, 0.6) is 0 Å². The predicted octanol–water partition coefficient (Wildman–Crippen LogP) is 2.26. The quantitative estimate of drug-likeness (QED) is 0.216. The van der Waals surface area contributed by atoms with Gasteiger partial charge in [0.1, 0.15) is 36.3 Å². The number of aliphatic hydroxyl groups excluding tert-OH is 2. The molecule has 0 aromatic rings. The zero-order valence-electron chi connectivity index (χ0n) is 33.4. The average molecular weight is 770 g/mol. The minimum absolute atomic E-state index is 0.0424. The zero-order valence-corrected chi connectivity index (χ0v) is 33.4. The van der Waals surface area contributed by atoms with E-state index in [1.807, 2.05) is 0 Å². The number of aldehydes is 1. The fourth-order valence-corrected chi connectivity index (χ4v) is 7.41. The van der Waals surface area contributed by atoms with Crippen LogP contribution in [0.2, 0.25) is 0 Å². The van der Waals surface area contributed by atoms with Crippen LogP contribution < -0.4 is 0 Å². The van der Waals surface area contributed by atoms with Crippen LogP contribution >= 0.6 is 0 Å². The Kier molecular flexibility index (Phi) is 17.4. The molecular formula is C39H63NO14. The molecule has 0 aromatic carbocycles. The second-order valence-corrected chi connectivity index (χ2v) is 15.7. The summed E-state index contributed by atoms with van der Waals surface area (Å²) >= 11 is 0. The van der Waals surface area contributed by atoms with Crippen LogP contribution in [0.1, 0.15) is 80.6 Å². The van der Waals surface area contributed by atoms with Gasteiger partial charge in [0.15, 0.2) is 24.5 Å². The molecule has 0 spiro atoms. The van der Waals surface area contributed by atoms with Crippen molar-refractivity contribution < 1.29 is 67.7 Å². The summed E-state index contributed by atoms with van der Waals surface area (Å²) in [7, 11) is 4.82. The fraction of sp³-hybridized carbons (Fsp3) is 0.795. The minimum atomic E-state index is -1.49. The van der Waals surface area contributed by atoms with Gasteiger partial charge in [-0.1, -0.05) is 39.0 Å². The number of hydrogen-bond acceptors (Lipinski definition) is 15. The van der Waals surface area contributed by atoms with E-state index in [1.54, 1.807) is 85.7 Å². The van der Waals surface area contributed by atoms with E-state index in [-0.39, 0.29) is 25.0 Å². The maximum atomic E-state index is 13.1. The van der Waals surface area contributed by atoms with Gasteiger partial charge in [-0.15, -0.1) is 0 Å². The first-order valence-corrected chi connectivity index (χ1v) is 18.9. The van der Waals surface area contributed by atoms with Crippen molar-refractivity contribution in [2.45, 2.75) is 160 Å². The molecule has 3 aliphatic rings. The third-order valence-electron chi connectivity index (χ3n) is 10.3. The SMILES string of the molecule is CO[C@@H]1[C@@H](O[C@@H]2O[C@H](C)[C@@H](O[C@H]3C[C@@](C)(O)[C@@H](OC(=O)C(C)C)[C@H](C)O3)[C@H](N(C)C)[C@H]2O)[C@@H](CC=O)C[C@@H](C)C(=O)C=CC=CC[C@@H](C)OC(=O)C[C@H]1O. The Morgan fingerprint density at radius 3 is 2.31 bits per heavy atom. The van der Waals surface area contributed by atoms with Crippen molar-refractivity contribution in [2.75, 3.05) is 21.2 Å². The first-order chi connectivity index (χ1) is 25.3. The van der Waals surface area contributed by atoms with E-state index < -0.39 is 115 Å². The van der Waals surface area contributed by atoms with Crippen LogP contribution in [0.25, 0.3) is 0 Å². The molecule has 2 fully saturated rings. The second kappa shape index (κ2) is 20.5. The van der Waals surface area contributed by atoms with Gasteiger partial charge in [-0.25, -0.2) is 0 Å². The van der Waals surface area contributed by atoms with Crippen molar-refractivity contribution in [3.8, 4) is 0 Å². The number of aliphatic hydroxyl groups is 3. The molecule has 0 aliphatic carbocycles. The lowest BCUT2D eigenvalue weighted by atomic mass is 9.83. The summed E-state index contributed by atoms with van der Waals surface area (Å²) in [6.07, 6.45) is -4.08. The van der Waals surface area contributed by atoms with Gasteiger partial charge in [0.05, 0.1) is 42.8 Å². The Bertz CT molecular complexity index is 1300. The molecule has 15 atom stereocenters. The fourth-order valence-electron chi connectivity index (χ4n) is 7.41. The summed E-state index contributed by atoms with van der Waals surface area (Å²) in [5, 5.41) is 34.7. The normalized spacial score (nSPS) is 40.4. The summed E-state index contributed by atoms with van der Waals surface area (Å²) in [5.74, 6) is -3.00. The first kappa shape index (κ1) is 45.8. The number of esters is 2. The Morgan fingerprint density at radius 1 is 1.04 bits per heavy atom. The number of allylic oxidation sites excluding steroid dienone is 3. The van der Waals surface area contributed by atoms with E-state index in [0.717, 1.165) is 0 Å². The molecule has 3 rings (SSSR count). The largest absolute Gasteiger partial charge is 0.462 e. The van der Waals surface area contributed by atoms with Crippen molar-refractivity contribution in [1.82, 2.24) is 4.90 Å². The number of carbonyl (C=O) groups is 4. The topological polar surface area (TPSA) is 197 Å². The van der Waals surface area contributed by atoms with Gasteiger partial charge in [-0.2, -0.15) is 0 Å². The van der Waals surface area contributed by atoms with E-state index in [9.17, 15) is 34.5 Å². The van der Waals surface area contributed by atoms with Gasteiger partial charge in [0.2, 0.25) is 0 Å². The van der Waals surface area contributed by atoms with Gasteiger partial charge in [0, 0.05) is 32.3 Å². The molecule has 0 amide bonds. The third kappa shape index (κ3) is 12.2. The van der Waals surface area contributed by atoms with E-state index in [4.69, 9.17) is 33.2 Å². The van der Waals surface area contributed by atoms with Gasteiger partial charge in [-0.3, -0.25) is 14.4 Å². The lowest BCUT2D eigenvalue weighted by molar-refractivity contribution is -0.344. The van der Waals surface area contributed by atoms with Crippen LogP contribution in [-0.4, -0.2) is 145 Å². The Hall–Kier alpha value is -2.60. The summed E-state index contributed by atoms with van der Waals surface area (Å²) in [4.78, 5) is 52.2. The van der Waals surface area contributed by atoms with Crippen LogP contribution in [-0.2, 0) is 52.3 Å². The molecule has 15 heteroatoms. The molecule has 0 bridgehead atoms. The molecule has 54 heavy (non-hydrogen) atoms. The van der Waals surface area contributed by atoms with Crippen molar-refractivity contribution in [3.63, 3.8) is 0 Å². The van der Waals surface area contributed by atoms with Crippen molar-refractivity contribution in [1.29, 1.82) is 0 Å². The number of carbonyl (C=O) groups excluding carboxylic acids is 4. The van der Waals surface area contributed by atoms with E-state index >= 15 is 0 Å². The number of rotatable bonds is 10. The molecule has 3 aliphatic heterocycles. The van der Waals surface area contributed by atoms with Crippen LogP contribution in [0.15, 0.2) is 24.3 Å². The number of methoxy groups -OCH3 is 1. The summed E-state index contributed by atoms with van der Waals surface area (Å²) in [6, 6.07) is -0.768. The molecule has 15 nitrogen and oxygen atoms in total. The molecule has 0 aromatic heterocycles. The standard InChI is InChI=1S/C39H63NO14/c1-21(2)37(46)54-36-25(6)50-30(20-39(36,7)47)52-33-24(5)51-38(32(45)31(33)40(8)9)53-34-26(16-17-41)18-22(3)27(42)15-13-11-12-14-23(4)49-29(44)19-28(43)35(34)48-10/h11-13,15,17,21-26,28,30-36,38,43,45,47H,14,16,18-20H2,1-10H3/t22-,23-,24-,25+,26+,28-,30+,31-,32-,33-,34+,35+,36+,38+,39-/m1/s1. The predicted molar refractivity (Wildman–Crippen MR) is 195 cm³/mol. The highest BCUT2D eigenvalue weighted by Crippen LogP contribution is 2.37. The number of ketones is 1. The highest BCUT2D eigenvalue weighted by Gasteiger charge is 2.52. The Balaban J connectivity index is 1.92. The zero-order chi connectivity index (χ0) is 40.5. The summed E-state index contributed by atoms with van der Waals surface area (Å²) in [6.45, 7) is 11.8. The maximum Gasteiger partial charge on any atom is 0.308 e. The molecule has 3 heterocycles. The molecule has 0 saturated carbocycles. The monoisotopic (exact) mass is 769 g/mol. The van der Waals surface area contributed by atoms with Crippen molar-refractivity contribution in [2.24, 2.45) is 17.8 Å². The average Bonchev–Trinajstić information content (AvgIpc) is 3.06. The van der Waals surface area contributed by atoms with Crippen molar-refractivity contribution >= 4 is 24.0 Å². The lowest BCUT2D eigenvalue weighted by Crippen LogP contribution is -2.66. The van der Waals surface area contributed by atoms with Crippen LogP contribution in [0, 0.1) is 17.8 Å². The van der Waals surface area contributed by atoms with E-state index in [0.29, 0.717) is 12.7 Å². The lowest BCUT2D eigenvalue weighted by Gasteiger charge is -2.50. The molecule has 2 saturated heterocycles. The number of likely N-dealkylation sites (N-methyl/N-ethyl adjacent to an activating group) is 1. The summed E-state index contributed by atoms with van der Waals surface area (Å²) in [5.41, 5.74) is -1.49. The highest BCUT2D eigenvalue weighted by atomic mass is 16.7. The minimum Gasteiger partial charge on any atom is -0.462 e. The molecular weight excluding hydrogens is 706 g/mol. The van der Waals surface area contributed by atoms with E-state index in [2.05, 4.69) is 0 Å². The molecule has 0 unspecified atom stereocenters. The second-order valence-electron chi connectivity index (χ2n) is 15.7. The van der Waals surface area contributed by atoms with Crippen LogP contribution in [0.3, 0.4) is 0 Å². The molecule has 0 radical (unpaired) electrons. The Labute approximate surface area is 319 Å². The number of cyclic esters (lactones) is 1. The first-order valence-electron chi connectivity index (χ1n) is 18.9. The van der Waals surface area contributed by atoms with Gasteiger partial charge in [0.25, 0.3) is 0 Å². The molecule has 3 N–H and O–H groups in total. The summed E-state index contributed by atoms with van der Waals surface area (Å²) < 4.78 is 42.1. The number of hydrogen-bond donors (Lipinski definition) is 3. The maximum absolute atomic E-state index is 13.1. The van der Waals surface area contributed by atoms with Gasteiger partial charge < -0.3 is 58.2 Å². The van der Waals surface area contributed by atoms with Crippen molar-refractivity contribution in [3.05, 3.63) is 24.3 Å². The van der Waals surface area contributed by atoms with Crippen LogP contribution in [0.4, 0.5) is 0 Å². The Morgan fingerprint density at radius 2 is 1.72 bits per heavy atom. The highest BCUT2D eigenvalue weighted by molar-refractivity contribution is 5.91. The van der Waals surface area contributed by atoms with E-state index in [1.165, 1.54) is 13.2 Å². The third-order valence-corrected chi connectivity index (χ3v) is 10.3. The number of ether oxygens (including phenoxy) is 7. The molecule has 308 valence electrons. The van der Waals surface area contributed by atoms with Gasteiger partial charge >= 0.3 is 11.9 Å². The smallest absolute Gasteiger partial charge is 0.308 e.